The number of anilines is 1. The Balaban J connectivity index is 1.76. The SMILES string of the molecule is CN(Cc1ccccc1N1CCCC1)C(=O)c1cccs1. The van der Waals surface area contributed by atoms with Gasteiger partial charge in [-0.3, -0.25) is 4.79 Å². The van der Waals surface area contributed by atoms with Crippen LogP contribution in [0.1, 0.15) is 28.1 Å². The topological polar surface area (TPSA) is 23.6 Å². The van der Waals surface area contributed by atoms with Gasteiger partial charge in [-0.15, -0.1) is 11.3 Å². The lowest BCUT2D eigenvalue weighted by atomic mass is 10.1. The number of hydrogen-bond donors (Lipinski definition) is 0. The molecule has 1 amide bonds. The third-order valence-corrected chi connectivity index (χ3v) is 4.78. The Hall–Kier alpha value is -1.81. The summed E-state index contributed by atoms with van der Waals surface area (Å²) in [5.41, 5.74) is 2.51. The number of amides is 1. The van der Waals surface area contributed by atoms with Crippen LogP contribution in [0.4, 0.5) is 5.69 Å². The summed E-state index contributed by atoms with van der Waals surface area (Å²) >= 11 is 1.50. The molecule has 1 aliphatic heterocycles. The van der Waals surface area contributed by atoms with Gasteiger partial charge < -0.3 is 9.80 Å². The first-order valence-corrected chi connectivity index (χ1v) is 8.25. The van der Waals surface area contributed by atoms with E-state index in [2.05, 4.69) is 29.2 Å². The zero-order valence-corrected chi connectivity index (χ0v) is 13.1. The first-order valence-electron chi connectivity index (χ1n) is 7.37. The van der Waals surface area contributed by atoms with Crippen molar-refractivity contribution in [1.82, 2.24) is 4.90 Å². The van der Waals surface area contributed by atoms with Crippen molar-refractivity contribution in [3.8, 4) is 0 Å². The van der Waals surface area contributed by atoms with Crippen LogP contribution >= 0.6 is 11.3 Å². The fraction of sp³-hybridized carbons (Fsp3) is 0.353. The van der Waals surface area contributed by atoms with Crippen LogP contribution < -0.4 is 4.90 Å². The van der Waals surface area contributed by atoms with Gasteiger partial charge in [0.2, 0.25) is 0 Å². The van der Waals surface area contributed by atoms with E-state index in [-0.39, 0.29) is 5.91 Å². The monoisotopic (exact) mass is 300 g/mol. The van der Waals surface area contributed by atoms with Gasteiger partial charge in [-0.05, 0) is 35.9 Å². The molecule has 1 aromatic carbocycles. The highest BCUT2D eigenvalue weighted by molar-refractivity contribution is 7.12. The summed E-state index contributed by atoms with van der Waals surface area (Å²) in [6.07, 6.45) is 2.52. The second-order valence-corrected chi connectivity index (χ2v) is 6.41. The van der Waals surface area contributed by atoms with E-state index in [1.165, 1.54) is 35.4 Å². The Bertz CT molecular complexity index is 603. The van der Waals surface area contributed by atoms with Gasteiger partial charge in [0.25, 0.3) is 5.91 Å². The average Bonchev–Trinajstić information content (AvgIpc) is 3.20. The third kappa shape index (κ3) is 3.10. The number of carbonyl (C=O) groups is 1. The molecule has 110 valence electrons. The van der Waals surface area contributed by atoms with Gasteiger partial charge in [-0.1, -0.05) is 24.3 Å². The highest BCUT2D eigenvalue weighted by Gasteiger charge is 2.18. The summed E-state index contributed by atoms with van der Waals surface area (Å²) in [7, 11) is 1.88. The van der Waals surface area contributed by atoms with Crippen LogP contribution in [0.15, 0.2) is 41.8 Å². The molecule has 1 fully saturated rings. The van der Waals surface area contributed by atoms with Gasteiger partial charge in [0.15, 0.2) is 0 Å². The summed E-state index contributed by atoms with van der Waals surface area (Å²) in [5, 5.41) is 1.94. The minimum atomic E-state index is 0.0984. The summed E-state index contributed by atoms with van der Waals surface area (Å²) in [6, 6.07) is 12.2. The molecule has 3 nitrogen and oxygen atoms in total. The highest BCUT2D eigenvalue weighted by Crippen LogP contribution is 2.26. The number of rotatable bonds is 4. The predicted octanol–water partition coefficient (Wildman–Crippen LogP) is 3.62. The van der Waals surface area contributed by atoms with Gasteiger partial charge in [0.1, 0.15) is 0 Å². The summed E-state index contributed by atoms with van der Waals surface area (Å²) in [6.45, 7) is 2.91. The first kappa shape index (κ1) is 14.1. The molecule has 1 aromatic heterocycles. The van der Waals surface area contributed by atoms with E-state index in [4.69, 9.17) is 0 Å². The second-order valence-electron chi connectivity index (χ2n) is 5.46. The summed E-state index contributed by atoms with van der Waals surface area (Å²) < 4.78 is 0. The Morgan fingerprint density at radius 3 is 2.67 bits per heavy atom. The lowest BCUT2D eigenvalue weighted by Gasteiger charge is -2.24. The predicted molar refractivity (Wildman–Crippen MR) is 88.0 cm³/mol. The first-order chi connectivity index (χ1) is 10.3. The third-order valence-electron chi connectivity index (χ3n) is 3.92. The number of hydrogen-bond acceptors (Lipinski definition) is 3. The van der Waals surface area contributed by atoms with Gasteiger partial charge in [-0.2, -0.15) is 0 Å². The molecule has 3 rings (SSSR count). The Morgan fingerprint density at radius 2 is 1.95 bits per heavy atom. The van der Waals surface area contributed by atoms with E-state index < -0.39 is 0 Å². The second kappa shape index (κ2) is 6.31. The normalized spacial score (nSPS) is 14.4. The van der Waals surface area contributed by atoms with Crippen LogP contribution in [0.2, 0.25) is 0 Å². The molecule has 0 atom stereocenters. The number of para-hydroxylation sites is 1. The van der Waals surface area contributed by atoms with E-state index in [0.717, 1.165) is 18.0 Å². The van der Waals surface area contributed by atoms with Crippen LogP contribution in [0.5, 0.6) is 0 Å². The molecule has 0 saturated carbocycles. The molecule has 0 spiro atoms. The molecule has 0 N–H and O–H groups in total. The van der Waals surface area contributed by atoms with Crippen molar-refractivity contribution in [2.24, 2.45) is 0 Å². The van der Waals surface area contributed by atoms with Crippen molar-refractivity contribution >= 4 is 22.9 Å². The van der Waals surface area contributed by atoms with Crippen molar-refractivity contribution in [1.29, 1.82) is 0 Å². The van der Waals surface area contributed by atoms with Crippen molar-refractivity contribution in [2.75, 3.05) is 25.0 Å². The number of thiophene rings is 1. The summed E-state index contributed by atoms with van der Waals surface area (Å²) in [4.78, 5) is 17.4. The molecule has 0 radical (unpaired) electrons. The van der Waals surface area contributed by atoms with E-state index in [1.807, 2.05) is 24.6 Å². The van der Waals surface area contributed by atoms with E-state index in [9.17, 15) is 4.79 Å². The minimum absolute atomic E-state index is 0.0984. The maximum atomic E-state index is 12.4. The van der Waals surface area contributed by atoms with Crippen LogP contribution in [0.3, 0.4) is 0 Å². The molecule has 21 heavy (non-hydrogen) atoms. The van der Waals surface area contributed by atoms with Crippen LogP contribution in [-0.2, 0) is 6.54 Å². The number of nitrogens with zero attached hydrogens (tertiary/aromatic N) is 2. The van der Waals surface area contributed by atoms with Gasteiger partial charge in [0, 0.05) is 32.4 Å². The molecule has 2 aromatic rings. The summed E-state index contributed by atoms with van der Waals surface area (Å²) in [5.74, 6) is 0.0984. The number of carbonyl (C=O) groups excluding carboxylic acids is 1. The van der Waals surface area contributed by atoms with Crippen LogP contribution in [0.25, 0.3) is 0 Å². The lowest BCUT2D eigenvalue weighted by molar-refractivity contribution is 0.0790. The Morgan fingerprint density at radius 1 is 1.19 bits per heavy atom. The maximum Gasteiger partial charge on any atom is 0.263 e. The van der Waals surface area contributed by atoms with Crippen LogP contribution in [-0.4, -0.2) is 30.9 Å². The molecule has 1 saturated heterocycles. The van der Waals surface area contributed by atoms with Gasteiger partial charge in [-0.25, -0.2) is 0 Å². The highest BCUT2D eigenvalue weighted by atomic mass is 32.1. The number of benzene rings is 1. The average molecular weight is 300 g/mol. The molecule has 2 heterocycles. The van der Waals surface area contributed by atoms with E-state index in [0.29, 0.717) is 6.54 Å². The standard InChI is InChI=1S/C17H20N2OS/c1-18(17(20)16-9-6-12-21-16)13-14-7-2-3-8-15(14)19-10-4-5-11-19/h2-3,6-9,12H,4-5,10-11,13H2,1H3. The van der Waals surface area contributed by atoms with Gasteiger partial charge >= 0.3 is 0 Å². The van der Waals surface area contributed by atoms with Crippen molar-refractivity contribution in [3.05, 3.63) is 52.2 Å². The molecule has 0 aliphatic carbocycles. The zero-order chi connectivity index (χ0) is 14.7. The molecular weight excluding hydrogens is 280 g/mol. The zero-order valence-electron chi connectivity index (χ0n) is 12.3. The van der Waals surface area contributed by atoms with Crippen molar-refractivity contribution in [2.45, 2.75) is 19.4 Å². The Kier molecular flexibility index (Phi) is 4.25. The largest absolute Gasteiger partial charge is 0.371 e. The van der Waals surface area contributed by atoms with Gasteiger partial charge in [0.05, 0.1) is 4.88 Å². The van der Waals surface area contributed by atoms with E-state index >= 15 is 0 Å². The maximum absolute atomic E-state index is 12.4. The quantitative estimate of drug-likeness (QED) is 0.861. The molecule has 0 bridgehead atoms. The fourth-order valence-corrected chi connectivity index (χ4v) is 3.54. The van der Waals surface area contributed by atoms with Crippen molar-refractivity contribution in [3.63, 3.8) is 0 Å². The minimum Gasteiger partial charge on any atom is -0.371 e. The van der Waals surface area contributed by atoms with Crippen LogP contribution in [0, 0.1) is 0 Å². The molecule has 4 heteroatoms. The lowest BCUT2D eigenvalue weighted by Crippen LogP contribution is -2.27. The fourth-order valence-electron chi connectivity index (χ4n) is 2.83. The molecule has 1 aliphatic rings. The molecular formula is C17H20N2OS. The van der Waals surface area contributed by atoms with Crippen molar-refractivity contribution < 1.29 is 4.79 Å². The van der Waals surface area contributed by atoms with E-state index in [1.54, 1.807) is 4.90 Å². The smallest absolute Gasteiger partial charge is 0.263 e. The Labute approximate surface area is 129 Å². The molecule has 0 unspecified atom stereocenters.